The molecular formula is C32H39BrN6O4. The summed E-state index contributed by atoms with van der Waals surface area (Å²) in [5.41, 5.74) is 3.06. The highest BCUT2D eigenvalue weighted by molar-refractivity contribution is 9.10. The van der Waals surface area contributed by atoms with Crippen molar-refractivity contribution < 1.29 is 19.1 Å². The van der Waals surface area contributed by atoms with Gasteiger partial charge in [-0.2, -0.15) is 0 Å². The van der Waals surface area contributed by atoms with Crippen LogP contribution in [0.4, 0.5) is 5.69 Å². The van der Waals surface area contributed by atoms with Gasteiger partial charge < -0.3 is 19.3 Å². The first-order valence-electron chi connectivity index (χ1n) is 14.6. The fourth-order valence-electron chi connectivity index (χ4n) is 6.14. The molecule has 43 heavy (non-hydrogen) atoms. The summed E-state index contributed by atoms with van der Waals surface area (Å²) in [5, 5.41) is 8.82. The van der Waals surface area contributed by atoms with Crippen LogP contribution in [0.5, 0.6) is 11.5 Å². The highest BCUT2D eigenvalue weighted by atomic mass is 79.9. The van der Waals surface area contributed by atoms with E-state index in [1.165, 1.54) is 0 Å². The Bertz CT molecular complexity index is 1480. The summed E-state index contributed by atoms with van der Waals surface area (Å²) in [4.78, 5) is 33.2. The third kappa shape index (κ3) is 6.47. The molecule has 0 spiro atoms. The second-order valence-electron chi connectivity index (χ2n) is 11.2. The summed E-state index contributed by atoms with van der Waals surface area (Å²) in [6.45, 7) is 8.61. The zero-order valence-electron chi connectivity index (χ0n) is 25.4. The van der Waals surface area contributed by atoms with E-state index >= 15 is 0 Å². The number of piperidine rings is 1. The first-order valence-corrected chi connectivity index (χ1v) is 15.4. The summed E-state index contributed by atoms with van der Waals surface area (Å²) in [7, 11) is 3.17. The molecule has 2 fully saturated rings. The van der Waals surface area contributed by atoms with E-state index in [0.717, 1.165) is 34.3 Å². The van der Waals surface area contributed by atoms with E-state index in [1.807, 2.05) is 65.4 Å². The van der Waals surface area contributed by atoms with Gasteiger partial charge in [-0.25, -0.2) is 4.68 Å². The molecule has 2 aromatic carbocycles. The zero-order valence-corrected chi connectivity index (χ0v) is 27.0. The summed E-state index contributed by atoms with van der Waals surface area (Å²) in [6, 6.07) is 11.2. The molecule has 0 bridgehead atoms. The SMILES string of the molecule is C/C=C/c1cc(C(=O)N2C[C@@H](C)N(Cc3cn(C4CCCN(c5ccc(Br)cc5)C4=O)nn3)[C@@H](C)C2)cc(OC)c1OC. The third-order valence-corrected chi connectivity index (χ3v) is 8.79. The van der Waals surface area contributed by atoms with E-state index in [1.54, 1.807) is 25.0 Å². The van der Waals surface area contributed by atoms with Gasteiger partial charge in [0.1, 0.15) is 6.04 Å². The van der Waals surface area contributed by atoms with E-state index < -0.39 is 0 Å². The quantitative estimate of drug-likeness (QED) is 0.331. The van der Waals surface area contributed by atoms with Gasteiger partial charge in [-0.15, -0.1) is 5.10 Å². The van der Waals surface area contributed by atoms with Gasteiger partial charge in [-0.3, -0.25) is 14.5 Å². The van der Waals surface area contributed by atoms with Gasteiger partial charge in [0.05, 0.1) is 26.1 Å². The van der Waals surface area contributed by atoms with Crippen molar-refractivity contribution in [3.63, 3.8) is 0 Å². The van der Waals surface area contributed by atoms with Crippen LogP contribution in [0.15, 0.2) is 53.1 Å². The van der Waals surface area contributed by atoms with Gasteiger partial charge in [0.2, 0.25) is 0 Å². The van der Waals surface area contributed by atoms with Crippen LogP contribution < -0.4 is 14.4 Å². The summed E-state index contributed by atoms with van der Waals surface area (Å²) in [5.74, 6) is 1.13. The minimum absolute atomic E-state index is 0.0339. The van der Waals surface area contributed by atoms with E-state index in [2.05, 4.69) is 45.0 Å². The van der Waals surface area contributed by atoms with Gasteiger partial charge >= 0.3 is 0 Å². The van der Waals surface area contributed by atoms with Crippen LogP contribution in [0.25, 0.3) is 6.08 Å². The zero-order chi connectivity index (χ0) is 30.7. The number of amides is 2. The van der Waals surface area contributed by atoms with Crippen molar-refractivity contribution in [2.45, 2.75) is 58.3 Å². The maximum absolute atomic E-state index is 13.7. The number of nitrogens with zero attached hydrogens (tertiary/aromatic N) is 6. The van der Waals surface area contributed by atoms with Crippen LogP contribution in [-0.4, -0.2) is 82.5 Å². The predicted octanol–water partition coefficient (Wildman–Crippen LogP) is 5.19. The van der Waals surface area contributed by atoms with Crippen LogP contribution in [0, 0.1) is 0 Å². The maximum Gasteiger partial charge on any atom is 0.254 e. The van der Waals surface area contributed by atoms with Crippen LogP contribution in [0.3, 0.4) is 0 Å². The lowest BCUT2D eigenvalue weighted by atomic mass is 10.0. The van der Waals surface area contributed by atoms with Crippen molar-refractivity contribution in [1.29, 1.82) is 0 Å². The fourth-order valence-corrected chi connectivity index (χ4v) is 6.41. The lowest BCUT2D eigenvalue weighted by molar-refractivity contribution is -0.123. The van der Waals surface area contributed by atoms with Crippen molar-refractivity contribution in [1.82, 2.24) is 24.8 Å². The van der Waals surface area contributed by atoms with E-state index in [-0.39, 0.29) is 29.9 Å². The Morgan fingerprint density at radius 1 is 1.09 bits per heavy atom. The average Bonchev–Trinajstić information content (AvgIpc) is 3.47. The molecule has 1 unspecified atom stereocenters. The standard InChI is InChI=1S/C32H39BrN6O4/c1-6-8-23-15-24(16-29(42-4)30(23)43-5)31(40)36-17-21(2)38(22(3)18-36)19-26-20-39(35-34-26)28-9-7-14-37(32(28)41)27-12-10-25(33)11-13-27/h6,8,10-13,15-16,20-22,28H,7,9,14,17-19H2,1-5H3/b8-6+/t21-,22+,28?. The minimum atomic E-state index is -0.378. The van der Waals surface area contributed by atoms with E-state index in [0.29, 0.717) is 43.2 Å². The molecule has 0 aliphatic carbocycles. The number of piperazine rings is 1. The molecule has 1 aromatic heterocycles. The van der Waals surface area contributed by atoms with Crippen LogP contribution in [-0.2, 0) is 11.3 Å². The Hall–Kier alpha value is -3.70. The molecule has 0 saturated carbocycles. The topological polar surface area (TPSA) is 93.0 Å². The predicted molar refractivity (Wildman–Crippen MR) is 169 cm³/mol. The molecule has 0 N–H and O–H groups in total. The van der Waals surface area contributed by atoms with Crippen molar-refractivity contribution >= 4 is 39.5 Å². The van der Waals surface area contributed by atoms with Crippen LogP contribution in [0.2, 0.25) is 0 Å². The minimum Gasteiger partial charge on any atom is -0.493 e. The number of carbonyl (C=O) groups is 2. The number of hydrogen-bond donors (Lipinski definition) is 0. The third-order valence-electron chi connectivity index (χ3n) is 8.26. The lowest BCUT2D eigenvalue weighted by Crippen LogP contribution is -2.57. The molecule has 2 amide bonds. The normalized spacial score (nSPS) is 21.4. The number of aromatic nitrogens is 3. The number of allylic oxidation sites excluding steroid dienone is 1. The molecule has 11 heteroatoms. The molecule has 3 aromatic rings. The Morgan fingerprint density at radius 2 is 1.81 bits per heavy atom. The van der Waals surface area contributed by atoms with Gasteiger partial charge in [-0.05, 0) is 70.0 Å². The first kappa shape index (κ1) is 30.7. The smallest absolute Gasteiger partial charge is 0.254 e. The first-order chi connectivity index (χ1) is 20.7. The number of hydrogen-bond acceptors (Lipinski definition) is 7. The molecule has 5 rings (SSSR count). The number of halogens is 1. The van der Waals surface area contributed by atoms with Crippen molar-refractivity contribution in [2.24, 2.45) is 0 Å². The molecule has 3 heterocycles. The van der Waals surface area contributed by atoms with Gasteiger partial charge in [0.25, 0.3) is 11.8 Å². The summed E-state index contributed by atoms with van der Waals surface area (Å²) < 4.78 is 13.8. The van der Waals surface area contributed by atoms with Gasteiger partial charge in [-0.1, -0.05) is 33.3 Å². The molecule has 2 aliphatic rings. The van der Waals surface area contributed by atoms with Crippen molar-refractivity contribution in [3.8, 4) is 11.5 Å². The fraction of sp³-hybridized carbons (Fsp3) is 0.438. The molecule has 3 atom stereocenters. The highest BCUT2D eigenvalue weighted by Gasteiger charge is 2.35. The molecule has 10 nitrogen and oxygen atoms in total. The molecule has 2 saturated heterocycles. The maximum atomic E-state index is 13.7. The average molecular weight is 652 g/mol. The summed E-state index contributed by atoms with van der Waals surface area (Å²) >= 11 is 3.46. The molecule has 2 aliphatic heterocycles. The van der Waals surface area contributed by atoms with E-state index in [4.69, 9.17) is 9.47 Å². The monoisotopic (exact) mass is 650 g/mol. The van der Waals surface area contributed by atoms with Crippen LogP contribution in [0.1, 0.15) is 61.3 Å². The molecule has 0 radical (unpaired) electrons. The Kier molecular flexibility index (Phi) is 9.51. The number of benzene rings is 2. The second kappa shape index (κ2) is 13.3. The number of carbonyl (C=O) groups excluding carboxylic acids is 2. The van der Waals surface area contributed by atoms with Gasteiger partial charge in [0.15, 0.2) is 11.5 Å². The van der Waals surface area contributed by atoms with Gasteiger partial charge in [0, 0.05) is 59.5 Å². The van der Waals surface area contributed by atoms with Crippen LogP contribution >= 0.6 is 15.9 Å². The highest BCUT2D eigenvalue weighted by Crippen LogP contribution is 2.34. The number of methoxy groups -OCH3 is 2. The van der Waals surface area contributed by atoms with Crippen molar-refractivity contribution in [2.75, 3.05) is 38.8 Å². The van der Waals surface area contributed by atoms with E-state index in [9.17, 15) is 9.59 Å². The Labute approximate surface area is 261 Å². The lowest BCUT2D eigenvalue weighted by Gasteiger charge is -2.44. The number of rotatable bonds is 8. The Morgan fingerprint density at radius 3 is 2.47 bits per heavy atom. The number of anilines is 1. The Balaban J connectivity index is 1.26. The summed E-state index contributed by atoms with van der Waals surface area (Å²) in [6.07, 6.45) is 7.34. The number of ether oxygens (including phenoxy) is 2. The molecule has 228 valence electrons. The second-order valence-corrected chi connectivity index (χ2v) is 12.1. The largest absolute Gasteiger partial charge is 0.493 e. The molecular weight excluding hydrogens is 612 g/mol. The van der Waals surface area contributed by atoms with Crippen molar-refractivity contribution in [3.05, 3.63) is 70.0 Å².